The number of hydrogen-bond donors (Lipinski definition) is 0. The number of fused-ring (bicyclic) bond motifs is 1. The van der Waals surface area contributed by atoms with Gasteiger partial charge in [-0.2, -0.15) is 0 Å². The van der Waals surface area contributed by atoms with Crippen molar-refractivity contribution >= 4 is 11.6 Å². The minimum absolute atomic E-state index is 0.156. The third kappa shape index (κ3) is 4.79. The maximum absolute atomic E-state index is 6.13. The highest BCUT2D eigenvalue weighted by Gasteiger charge is 2.46. The van der Waals surface area contributed by atoms with Crippen molar-refractivity contribution in [2.45, 2.75) is 86.0 Å². The van der Waals surface area contributed by atoms with Gasteiger partial charge in [0.1, 0.15) is 0 Å². The summed E-state index contributed by atoms with van der Waals surface area (Å²) in [6, 6.07) is 0. The molecule has 0 saturated heterocycles. The van der Waals surface area contributed by atoms with Crippen LogP contribution in [-0.4, -0.2) is 5.88 Å². The van der Waals surface area contributed by atoms with Crippen molar-refractivity contribution in [1.29, 1.82) is 0 Å². The summed E-state index contributed by atoms with van der Waals surface area (Å²) in [5.74, 6) is 9.33. The van der Waals surface area contributed by atoms with Crippen LogP contribution in [0.15, 0.2) is 36.0 Å². The Hall–Kier alpha value is -0.930. The zero-order valence-corrected chi connectivity index (χ0v) is 19.7. The fourth-order valence-corrected chi connectivity index (χ4v) is 6.14. The van der Waals surface area contributed by atoms with Gasteiger partial charge in [-0.25, -0.2) is 0 Å². The highest BCUT2D eigenvalue weighted by atomic mass is 35.5. The van der Waals surface area contributed by atoms with E-state index in [-0.39, 0.29) is 5.41 Å². The summed E-state index contributed by atoms with van der Waals surface area (Å²) in [6.07, 6.45) is 12.4. The van der Waals surface area contributed by atoms with Gasteiger partial charge in [-0.05, 0) is 87.5 Å². The molecule has 0 nitrogen and oxygen atoms in total. The van der Waals surface area contributed by atoms with Crippen molar-refractivity contribution in [1.82, 2.24) is 0 Å². The Balaban J connectivity index is 2.18. The molecular weight excluding hydrogens is 360 g/mol. The van der Waals surface area contributed by atoms with Gasteiger partial charge < -0.3 is 0 Å². The van der Waals surface area contributed by atoms with Crippen LogP contribution in [0.5, 0.6) is 0 Å². The Labute approximate surface area is 179 Å². The van der Waals surface area contributed by atoms with E-state index in [4.69, 9.17) is 11.6 Å². The Morgan fingerprint density at radius 3 is 2.75 bits per heavy atom. The standard InChI is InChI=1S/C27H41Cl/c1-8-10-25-24(12-11-23-18-20(3)13-17-27(23,25)7)21(4)14-16-26(6,15-9-2)22(5)19-28/h18,21,24-25H,3,5,8,10-14,16-17,19H2,1-2,4,6-7H3. The molecule has 2 rings (SSSR count). The third-order valence-electron chi connectivity index (χ3n) is 7.93. The molecule has 0 spiro atoms. The molecule has 0 N–H and O–H groups in total. The topological polar surface area (TPSA) is 0 Å². The van der Waals surface area contributed by atoms with Crippen LogP contribution < -0.4 is 0 Å². The average molecular weight is 401 g/mol. The van der Waals surface area contributed by atoms with Crippen LogP contribution in [0.4, 0.5) is 0 Å². The van der Waals surface area contributed by atoms with E-state index in [1.807, 2.05) is 6.92 Å². The number of halogens is 1. The first-order valence-corrected chi connectivity index (χ1v) is 11.8. The summed E-state index contributed by atoms with van der Waals surface area (Å²) in [4.78, 5) is 0. The number of rotatable bonds is 8. The fourth-order valence-electron chi connectivity index (χ4n) is 5.85. The van der Waals surface area contributed by atoms with Crippen LogP contribution in [0.1, 0.15) is 86.0 Å². The lowest BCUT2D eigenvalue weighted by Gasteiger charge is -2.52. The van der Waals surface area contributed by atoms with Crippen molar-refractivity contribution < 1.29 is 0 Å². The normalized spacial score (nSPS) is 30.4. The Morgan fingerprint density at radius 1 is 1.43 bits per heavy atom. The highest BCUT2D eigenvalue weighted by Crippen LogP contribution is 2.57. The monoisotopic (exact) mass is 400 g/mol. The van der Waals surface area contributed by atoms with Gasteiger partial charge in [0.15, 0.2) is 0 Å². The second-order valence-corrected chi connectivity index (χ2v) is 10.1. The largest absolute Gasteiger partial charge is 0.122 e. The van der Waals surface area contributed by atoms with E-state index in [9.17, 15) is 0 Å². The molecule has 5 atom stereocenters. The van der Waals surface area contributed by atoms with Crippen LogP contribution in [0, 0.1) is 40.4 Å². The molecule has 0 amide bonds. The van der Waals surface area contributed by atoms with E-state index in [1.54, 1.807) is 5.57 Å². The minimum atomic E-state index is -0.156. The van der Waals surface area contributed by atoms with Gasteiger partial charge in [0.25, 0.3) is 0 Å². The molecule has 1 heteroatoms. The summed E-state index contributed by atoms with van der Waals surface area (Å²) >= 11 is 6.13. The van der Waals surface area contributed by atoms with Gasteiger partial charge in [0.05, 0.1) is 5.41 Å². The lowest BCUT2D eigenvalue weighted by Crippen LogP contribution is -2.42. The van der Waals surface area contributed by atoms with E-state index >= 15 is 0 Å². The van der Waals surface area contributed by atoms with Crippen molar-refractivity contribution in [2.75, 3.05) is 5.88 Å². The van der Waals surface area contributed by atoms with E-state index in [1.165, 1.54) is 50.5 Å². The predicted octanol–water partition coefficient (Wildman–Crippen LogP) is 8.34. The van der Waals surface area contributed by atoms with Gasteiger partial charge in [0.2, 0.25) is 0 Å². The van der Waals surface area contributed by atoms with E-state index in [0.717, 1.165) is 23.8 Å². The molecule has 1 fully saturated rings. The van der Waals surface area contributed by atoms with Gasteiger partial charge in [-0.3, -0.25) is 0 Å². The molecule has 0 aromatic heterocycles. The van der Waals surface area contributed by atoms with Crippen LogP contribution in [0.25, 0.3) is 0 Å². The Morgan fingerprint density at radius 2 is 2.14 bits per heavy atom. The van der Waals surface area contributed by atoms with Crippen LogP contribution in [0.3, 0.4) is 0 Å². The maximum atomic E-state index is 6.13. The molecule has 0 bridgehead atoms. The van der Waals surface area contributed by atoms with Gasteiger partial charge >= 0.3 is 0 Å². The summed E-state index contributed by atoms with van der Waals surface area (Å²) in [5, 5.41) is 0. The average Bonchev–Trinajstić information content (AvgIpc) is 2.67. The minimum Gasteiger partial charge on any atom is -0.122 e. The fraction of sp³-hybridized carbons (Fsp3) is 0.704. The van der Waals surface area contributed by atoms with E-state index in [0.29, 0.717) is 17.2 Å². The molecule has 0 radical (unpaired) electrons. The quantitative estimate of drug-likeness (QED) is 0.218. The van der Waals surface area contributed by atoms with E-state index < -0.39 is 0 Å². The van der Waals surface area contributed by atoms with Gasteiger partial charge in [-0.15, -0.1) is 17.5 Å². The summed E-state index contributed by atoms with van der Waals surface area (Å²) in [7, 11) is 0. The maximum Gasteiger partial charge on any atom is 0.0503 e. The van der Waals surface area contributed by atoms with Gasteiger partial charge in [-0.1, -0.05) is 63.5 Å². The molecule has 0 aromatic rings. The second kappa shape index (κ2) is 9.71. The molecule has 0 heterocycles. The first-order valence-electron chi connectivity index (χ1n) is 11.3. The van der Waals surface area contributed by atoms with Crippen molar-refractivity contribution in [3.05, 3.63) is 36.0 Å². The summed E-state index contributed by atoms with van der Waals surface area (Å²) < 4.78 is 0. The van der Waals surface area contributed by atoms with Crippen LogP contribution >= 0.6 is 11.6 Å². The van der Waals surface area contributed by atoms with E-state index in [2.05, 4.69) is 58.8 Å². The number of allylic oxidation sites excluding steroid dienone is 4. The third-order valence-corrected chi connectivity index (χ3v) is 8.25. The summed E-state index contributed by atoms with van der Waals surface area (Å²) in [5.41, 5.74) is 4.30. The molecule has 28 heavy (non-hydrogen) atoms. The molecule has 2 aliphatic rings. The first-order chi connectivity index (χ1) is 13.2. The van der Waals surface area contributed by atoms with Crippen molar-refractivity contribution in [3.8, 4) is 11.8 Å². The summed E-state index contributed by atoms with van der Waals surface area (Å²) in [6.45, 7) is 20.0. The van der Waals surface area contributed by atoms with Crippen LogP contribution in [-0.2, 0) is 0 Å². The lowest BCUT2D eigenvalue weighted by atomic mass is 9.53. The predicted molar refractivity (Wildman–Crippen MR) is 126 cm³/mol. The highest BCUT2D eigenvalue weighted by molar-refractivity contribution is 6.19. The molecule has 5 unspecified atom stereocenters. The number of alkyl halides is 1. The molecule has 0 aromatic carbocycles. The zero-order valence-electron chi connectivity index (χ0n) is 19.0. The van der Waals surface area contributed by atoms with Crippen molar-refractivity contribution in [2.24, 2.45) is 28.6 Å². The van der Waals surface area contributed by atoms with Crippen LogP contribution in [0.2, 0.25) is 0 Å². The second-order valence-electron chi connectivity index (χ2n) is 9.80. The SMILES string of the molecule is C=C1C=C2CCC(C(C)CCC(C)(C#CC)C(=C)CCl)C(CCC)C2(C)CC1. The van der Waals surface area contributed by atoms with Gasteiger partial charge in [0, 0.05) is 5.88 Å². The van der Waals surface area contributed by atoms with Crippen molar-refractivity contribution in [3.63, 3.8) is 0 Å². The smallest absolute Gasteiger partial charge is 0.0503 e. The lowest BCUT2D eigenvalue weighted by molar-refractivity contribution is 0.0530. The first kappa shape index (κ1) is 23.3. The number of hydrogen-bond acceptors (Lipinski definition) is 0. The Kier molecular flexibility index (Phi) is 8.10. The zero-order chi connectivity index (χ0) is 20.9. The molecule has 156 valence electrons. The molecule has 0 aliphatic heterocycles. The molecular formula is C27H41Cl. The Bertz CT molecular complexity index is 672. The molecule has 2 aliphatic carbocycles. The molecule has 1 saturated carbocycles.